The molecule has 0 aliphatic carbocycles. The Kier molecular flexibility index (Phi) is 5.26. The molecule has 0 spiro atoms. The summed E-state index contributed by atoms with van der Waals surface area (Å²) in [7, 11) is 0. The molecule has 0 fully saturated rings. The van der Waals surface area contributed by atoms with Crippen LogP contribution in [-0.4, -0.2) is 22.4 Å². The Balaban J connectivity index is 2.11. The van der Waals surface area contributed by atoms with E-state index in [1.807, 2.05) is 44.2 Å². The summed E-state index contributed by atoms with van der Waals surface area (Å²) in [6.45, 7) is 4.75. The molecule has 0 bridgehead atoms. The minimum absolute atomic E-state index is 0.0247. The molecule has 0 saturated heterocycles. The smallest absolute Gasteiger partial charge is 0.272 e. The first kappa shape index (κ1) is 15.0. The van der Waals surface area contributed by atoms with E-state index in [4.69, 9.17) is 0 Å². The van der Waals surface area contributed by atoms with Crippen LogP contribution in [0.25, 0.3) is 0 Å². The zero-order valence-electron chi connectivity index (χ0n) is 12.3. The van der Waals surface area contributed by atoms with Crippen molar-refractivity contribution in [2.45, 2.75) is 26.3 Å². The number of amides is 1. The number of nitrogens with one attached hydrogen (secondary N) is 2. The summed E-state index contributed by atoms with van der Waals surface area (Å²) in [6.07, 6.45) is 3.90. The fourth-order valence-corrected chi connectivity index (χ4v) is 2.08. The Labute approximate surface area is 124 Å². The summed E-state index contributed by atoms with van der Waals surface area (Å²) in [6, 6.07) is 9.89. The van der Waals surface area contributed by atoms with E-state index in [-0.39, 0.29) is 11.9 Å². The van der Waals surface area contributed by atoms with Crippen LogP contribution in [0.3, 0.4) is 0 Å². The molecule has 5 heteroatoms. The van der Waals surface area contributed by atoms with Crippen LogP contribution >= 0.6 is 0 Å². The highest BCUT2D eigenvalue weighted by Gasteiger charge is 2.15. The molecule has 1 atom stereocenters. The van der Waals surface area contributed by atoms with Crippen molar-refractivity contribution in [1.82, 2.24) is 15.3 Å². The first-order valence-corrected chi connectivity index (χ1v) is 7.16. The number of benzene rings is 1. The molecule has 0 aliphatic heterocycles. The highest BCUT2D eigenvalue weighted by atomic mass is 16.1. The topological polar surface area (TPSA) is 66.9 Å². The van der Waals surface area contributed by atoms with Crippen molar-refractivity contribution in [1.29, 1.82) is 0 Å². The molecule has 1 unspecified atom stereocenters. The van der Waals surface area contributed by atoms with Crippen molar-refractivity contribution in [3.63, 3.8) is 0 Å². The van der Waals surface area contributed by atoms with Crippen molar-refractivity contribution >= 4 is 11.7 Å². The average molecular weight is 284 g/mol. The van der Waals surface area contributed by atoms with Crippen molar-refractivity contribution in [3.8, 4) is 0 Å². The molecule has 1 aromatic heterocycles. The number of aromatic nitrogens is 2. The second-order valence-electron chi connectivity index (χ2n) is 4.66. The summed E-state index contributed by atoms with van der Waals surface area (Å²) in [5.74, 6) is 0.399. The van der Waals surface area contributed by atoms with E-state index in [1.165, 1.54) is 6.20 Å². The molecule has 110 valence electrons. The second-order valence-corrected chi connectivity index (χ2v) is 4.66. The predicted molar refractivity (Wildman–Crippen MR) is 83.1 cm³/mol. The predicted octanol–water partition coefficient (Wildman–Crippen LogP) is 2.79. The van der Waals surface area contributed by atoms with E-state index in [1.54, 1.807) is 6.20 Å². The van der Waals surface area contributed by atoms with Gasteiger partial charge in [0, 0.05) is 6.54 Å². The van der Waals surface area contributed by atoms with Gasteiger partial charge in [0.15, 0.2) is 0 Å². The average Bonchev–Trinajstić information content (AvgIpc) is 2.54. The van der Waals surface area contributed by atoms with Gasteiger partial charge in [0.05, 0.1) is 18.4 Å². The Bertz CT molecular complexity index is 586. The number of carbonyl (C=O) groups is 1. The van der Waals surface area contributed by atoms with E-state index < -0.39 is 0 Å². The molecule has 2 N–H and O–H groups in total. The van der Waals surface area contributed by atoms with E-state index in [0.29, 0.717) is 11.5 Å². The molecule has 1 amide bonds. The van der Waals surface area contributed by atoms with Gasteiger partial charge in [-0.1, -0.05) is 37.3 Å². The van der Waals surface area contributed by atoms with Crippen LogP contribution in [0.15, 0.2) is 42.7 Å². The lowest BCUT2D eigenvalue weighted by Gasteiger charge is -2.17. The Morgan fingerprint density at radius 2 is 1.95 bits per heavy atom. The van der Waals surface area contributed by atoms with Crippen LogP contribution in [0.1, 0.15) is 42.4 Å². The maximum absolute atomic E-state index is 12.3. The van der Waals surface area contributed by atoms with Crippen LogP contribution in [0, 0.1) is 0 Å². The van der Waals surface area contributed by atoms with E-state index in [0.717, 1.165) is 18.5 Å². The lowest BCUT2D eigenvalue weighted by atomic mass is 10.0. The largest absolute Gasteiger partial charge is 0.369 e. The van der Waals surface area contributed by atoms with Crippen LogP contribution in [0.5, 0.6) is 0 Å². The van der Waals surface area contributed by atoms with Gasteiger partial charge in [0.2, 0.25) is 0 Å². The molecule has 21 heavy (non-hydrogen) atoms. The lowest BCUT2D eigenvalue weighted by Crippen LogP contribution is -2.29. The standard InChI is InChI=1S/C16H20N4O/c1-3-13(12-8-6-5-7-9-12)20-16(21)14-10-17-11-15(19-14)18-4-2/h5-11,13H,3-4H2,1-2H3,(H,18,19)(H,20,21). The van der Waals surface area contributed by atoms with E-state index in [9.17, 15) is 4.79 Å². The second kappa shape index (κ2) is 7.38. The van der Waals surface area contributed by atoms with Gasteiger partial charge in [-0.15, -0.1) is 0 Å². The van der Waals surface area contributed by atoms with Crippen molar-refractivity contribution < 1.29 is 4.79 Å². The molecule has 1 heterocycles. The van der Waals surface area contributed by atoms with Gasteiger partial charge in [0.1, 0.15) is 11.5 Å². The summed E-state index contributed by atoms with van der Waals surface area (Å²) >= 11 is 0. The van der Waals surface area contributed by atoms with Gasteiger partial charge < -0.3 is 10.6 Å². The van der Waals surface area contributed by atoms with Gasteiger partial charge in [-0.05, 0) is 18.9 Å². The molecule has 0 radical (unpaired) electrons. The quantitative estimate of drug-likeness (QED) is 0.856. The summed E-state index contributed by atoms with van der Waals surface area (Å²) in [5.41, 5.74) is 1.41. The highest BCUT2D eigenvalue weighted by molar-refractivity contribution is 5.92. The normalized spacial score (nSPS) is 11.7. The van der Waals surface area contributed by atoms with Crippen LogP contribution in [0.4, 0.5) is 5.82 Å². The number of anilines is 1. The number of hydrogen-bond acceptors (Lipinski definition) is 4. The summed E-state index contributed by atoms with van der Waals surface area (Å²) in [5, 5.41) is 6.05. The third-order valence-corrected chi connectivity index (χ3v) is 3.14. The zero-order chi connectivity index (χ0) is 15.1. The number of carbonyl (C=O) groups excluding carboxylic acids is 1. The SMILES string of the molecule is CCNc1cncc(C(=O)NC(CC)c2ccccc2)n1. The van der Waals surface area contributed by atoms with Gasteiger partial charge in [-0.25, -0.2) is 4.98 Å². The Morgan fingerprint density at radius 1 is 1.19 bits per heavy atom. The maximum atomic E-state index is 12.3. The number of hydrogen-bond donors (Lipinski definition) is 2. The zero-order valence-corrected chi connectivity index (χ0v) is 12.3. The van der Waals surface area contributed by atoms with Gasteiger partial charge in [-0.2, -0.15) is 0 Å². The first-order valence-electron chi connectivity index (χ1n) is 7.16. The molecule has 5 nitrogen and oxygen atoms in total. The van der Waals surface area contributed by atoms with Gasteiger partial charge in [-0.3, -0.25) is 9.78 Å². The number of rotatable bonds is 6. The Morgan fingerprint density at radius 3 is 2.62 bits per heavy atom. The van der Waals surface area contributed by atoms with Gasteiger partial charge >= 0.3 is 0 Å². The van der Waals surface area contributed by atoms with E-state index in [2.05, 4.69) is 20.6 Å². The monoisotopic (exact) mass is 284 g/mol. The van der Waals surface area contributed by atoms with Crippen LogP contribution in [-0.2, 0) is 0 Å². The fraction of sp³-hybridized carbons (Fsp3) is 0.312. The van der Waals surface area contributed by atoms with Gasteiger partial charge in [0.25, 0.3) is 5.91 Å². The summed E-state index contributed by atoms with van der Waals surface area (Å²) in [4.78, 5) is 20.6. The summed E-state index contributed by atoms with van der Waals surface area (Å²) < 4.78 is 0. The van der Waals surface area contributed by atoms with Crippen LogP contribution in [0.2, 0.25) is 0 Å². The number of nitrogens with zero attached hydrogens (tertiary/aromatic N) is 2. The molecule has 0 saturated carbocycles. The maximum Gasteiger partial charge on any atom is 0.272 e. The lowest BCUT2D eigenvalue weighted by molar-refractivity contribution is 0.0930. The molecule has 2 aromatic rings. The molecule has 0 aliphatic rings. The first-order chi connectivity index (χ1) is 10.2. The molecular formula is C16H20N4O. The fourth-order valence-electron chi connectivity index (χ4n) is 2.08. The minimum Gasteiger partial charge on any atom is -0.369 e. The third-order valence-electron chi connectivity index (χ3n) is 3.14. The highest BCUT2D eigenvalue weighted by Crippen LogP contribution is 2.16. The van der Waals surface area contributed by atoms with Crippen molar-refractivity contribution in [2.75, 3.05) is 11.9 Å². The molecule has 1 aromatic carbocycles. The molecule has 2 rings (SSSR count). The van der Waals surface area contributed by atoms with E-state index >= 15 is 0 Å². The van der Waals surface area contributed by atoms with Crippen LogP contribution < -0.4 is 10.6 Å². The minimum atomic E-state index is -0.210. The van der Waals surface area contributed by atoms with Crippen molar-refractivity contribution in [2.24, 2.45) is 0 Å². The molecular weight excluding hydrogens is 264 g/mol. The Hall–Kier alpha value is -2.43. The van der Waals surface area contributed by atoms with Crippen molar-refractivity contribution in [3.05, 3.63) is 54.0 Å². The third kappa shape index (κ3) is 4.02.